The molecule has 0 aliphatic carbocycles. The molecular formula is C16H22N4O. The number of nitrogen functional groups attached to an aromatic ring is 1. The van der Waals surface area contributed by atoms with Gasteiger partial charge in [0.2, 0.25) is 5.91 Å². The van der Waals surface area contributed by atoms with Crippen LogP contribution in [-0.4, -0.2) is 15.7 Å². The van der Waals surface area contributed by atoms with Crippen LogP contribution in [0.5, 0.6) is 0 Å². The van der Waals surface area contributed by atoms with Gasteiger partial charge in [-0.1, -0.05) is 19.1 Å². The number of hydrogen-bond acceptors (Lipinski definition) is 3. The van der Waals surface area contributed by atoms with Crippen LogP contribution < -0.4 is 11.1 Å². The number of aryl methyl sites for hydroxylation is 3. The lowest BCUT2D eigenvalue weighted by molar-refractivity contribution is -0.121. The van der Waals surface area contributed by atoms with Crippen molar-refractivity contribution in [3.05, 3.63) is 47.3 Å². The maximum atomic E-state index is 11.9. The first-order chi connectivity index (χ1) is 10.1. The fourth-order valence-corrected chi connectivity index (χ4v) is 2.25. The minimum Gasteiger partial charge on any atom is -0.399 e. The number of hydrogen-bond donors (Lipinski definition) is 2. The number of benzene rings is 1. The maximum absolute atomic E-state index is 11.9. The van der Waals surface area contributed by atoms with Crippen LogP contribution >= 0.6 is 0 Å². The zero-order valence-electron chi connectivity index (χ0n) is 12.6. The van der Waals surface area contributed by atoms with Gasteiger partial charge in [0.05, 0.1) is 5.69 Å². The minimum atomic E-state index is 0.0535. The summed E-state index contributed by atoms with van der Waals surface area (Å²) in [7, 11) is 1.89. The zero-order valence-corrected chi connectivity index (χ0v) is 12.6. The molecule has 2 rings (SSSR count). The molecule has 0 saturated heterocycles. The molecule has 0 spiro atoms. The summed E-state index contributed by atoms with van der Waals surface area (Å²) in [6.45, 7) is 2.60. The highest BCUT2D eigenvalue weighted by atomic mass is 16.1. The van der Waals surface area contributed by atoms with E-state index in [9.17, 15) is 4.79 Å². The number of aromatic nitrogens is 2. The van der Waals surface area contributed by atoms with E-state index in [4.69, 9.17) is 5.73 Å². The average molecular weight is 286 g/mol. The summed E-state index contributed by atoms with van der Waals surface area (Å²) in [6, 6.07) is 7.63. The van der Waals surface area contributed by atoms with E-state index in [1.54, 1.807) is 4.68 Å². The Balaban J connectivity index is 1.80. The van der Waals surface area contributed by atoms with Crippen molar-refractivity contribution in [1.82, 2.24) is 15.1 Å². The van der Waals surface area contributed by atoms with Gasteiger partial charge in [0.1, 0.15) is 0 Å². The van der Waals surface area contributed by atoms with E-state index in [1.807, 2.05) is 37.5 Å². The smallest absolute Gasteiger partial charge is 0.220 e. The van der Waals surface area contributed by atoms with Gasteiger partial charge in [-0.3, -0.25) is 9.48 Å². The molecule has 1 aromatic heterocycles. The lowest BCUT2D eigenvalue weighted by Crippen LogP contribution is -2.23. The van der Waals surface area contributed by atoms with E-state index in [-0.39, 0.29) is 5.91 Å². The van der Waals surface area contributed by atoms with Crippen molar-refractivity contribution in [2.45, 2.75) is 32.7 Å². The topological polar surface area (TPSA) is 72.9 Å². The molecule has 0 bridgehead atoms. The molecule has 2 aromatic rings. The Morgan fingerprint density at radius 3 is 2.71 bits per heavy atom. The fourth-order valence-electron chi connectivity index (χ4n) is 2.25. The number of rotatable bonds is 6. The Labute approximate surface area is 125 Å². The molecule has 5 heteroatoms. The van der Waals surface area contributed by atoms with E-state index < -0.39 is 0 Å². The van der Waals surface area contributed by atoms with Gasteiger partial charge < -0.3 is 11.1 Å². The van der Waals surface area contributed by atoms with Crippen LogP contribution in [0, 0.1) is 0 Å². The average Bonchev–Trinajstić information content (AvgIpc) is 2.84. The quantitative estimate of drug-likeness (QED) is 0.795. The van der Waals surface area contributed by atoms with Crippen LogP contribution in [-0.2, 0) is 31.2 Å². The molecule has 112 valence electrons. The Hall–Kier alpha value is -2.30. The van der Waals surface area contributed by atoms with Gasteiger partial charge >= 0.3 is 0 Å². The molecule has 0 aliphatic rings. The van der Waals surface area contributed by atoms with Gasteiger partial charge in [0, 0.05) is 37.5 Å². The molecule has 0 radical (unpaired) electrons. The fraction of sp³-hybridized carbons (Fsp3) is 0.375. The first-order valence-corrected chi connectivity index (χ1v) is 7.21. The van der Waals surface area contributed by atoms with Gasteiger partial charge in [0.25, 0.3) is 0 Å². The van der Waals surface area contributed by atoms with E-state index in [2.05, 4.69) is 17.3 Å². The lowest BCUT2D eigenvalue weighted by Gasteiger charge is -2.05. The van der Waals surface area contributed by atoms with Crippen molar-refractivity contribution in [3.8, 4) is 0 Å². The third-order valence-corrected chi connectivity index (χ3v) is 3.42. The Morgan fingerprint density at radius 2 is 2.05 bits per heavy atom. The second-order valence-electron chi connectivity index (χ2n) is 5.15. The van der Waals surface area contributed by atoms with Crippen LogP contribution in [0.15, 0.2) is 30.5 Å². The molecule has 1 amide bonds. The molecule has 21 heavy (non-hydrogen) atoms. The summed E-state index contributed by atoms with van der Waals surface area (Å²) in [5.41, 5.74) is 9.62. The molecule has 0 unspecified atom stereocenters. The molecule has 1 heterocycles. The number of carbonyl (C=O) groups is 1. The highest BCUT2D eigenvalue weighted by Crippen LogP contribution is 2.09. The SMILES string of the molecule is CCc1nn(C)cc1CNC(=O)CCc1ccc(N)cc1. The predicted molar refractivity (Wildman–Crippen MR) is 83.6 cm³/mol. The van der Waals surface area contributed by atoms with Gasteiger partial charge in [-0.25, -0.2) is 0 Å². The summed E-state index contributed by atoms with van der Waals surface area (Å²) in [5.74, 6) is 0.0535. The highest BCUT2D eigenvalue weighted by molar-refractivity contribution is 5.76. The Morgan fingerprint density at radius 1 is 1.33 bits per heavy atom. The molecule has 3 N–H and O–H groups in total. The summed E-state index contributed by atoms with van der Waals surface area (Å²) in [4.78, 5) is 11.9. The number of anilines is 1. The van der Waals surface area contributed by atoms with E-state index >= 15 is 0 Å². The number of nitrogens with zero attached hydrogens (tertiary/aromatic N) is 2. The summed E-state index contributed by atoms with van der Waals surface area (Å²) in [6.07, 6.45) is 4.03. The minimum absolute atomic E-state index is 0.0535. The first-order valence-electron chi connectivity index (χ1n) is 7.21. The molecular weight excluding hydrogens is 264 g/mol. The largest absolute Gasteiger partial charge is 0.399 e. The third-order valence-electron chi connectivity index (χ3n) is 3.42. The van der Waals surface area contributed by atoms with Gasteiger partial charge in [-0.05, 0) is 30.5 Å². The van der Waals surface area contributed by atoms with Crippen molar-refractivity contribution in [2.75, 3.05) is 5.73 Å². The number of amides is 1. The molecule has 5 nitrogen and oxygen atoms in total. The molecule has 0 saturated carbocycles. The summed E-state index contributed by atoms with van der Waals surface area (Å²) >= 11 is 0. The first kappa shape index (κ1) is 15.1. The monoisotopic (exact) mass is 286 g/mol. The van der Waals surface area contributed by atoms with Gasteiger partial charge in [-0.15, -0.1) is 0 Å². The Bertz CT molecular complexity index is 601. The normalized spacial score (nSPS) is 10.6. The van der Waals surface area contributed by atoms with E-state index in [1.165, 1.54) is 0 Å². The van der Waals surface area contributed by atoms with Crippen molar-refractivity contribution in [2.24, 2.45) is 7.05 Å². The van der Waals surface area contributed by atoms with E-state index in [0.29, 0.717) is 13.0 Å². The highest BCUT2D eigenvalue weighted by Gasteiger charge is 2.08. The standard InChI is InChI=1S/C16H22N4O/c1-3-15-13(11-20(2)19-15)10-18-16(21)9-6-12-4-7-14(17)8-5-12/h4-5,7-8,11H,3,6,9-10,17H2,1-2H3,(H,18,21). The molecule has 1 aromatic carbocycles. The molecule has 0 fully saturated rings. The summed E-state index contributed by atoms with van der Waals surface area (Å²) < 4.78 is 1.79. The second-order valence-corrected chi connectivity index (χ2v) is 5.15. The number of carbonyl (C=O) groups excluding carboxylic acids is 1. The second kappa shape index (κ2) is 6.92. The van der Waals surface area contributed by atoms with E-state index in [0.717, 1.165) is 35.3 Å². The maximum Gasteiger partial charge on any atom is 0.220 e. The van der Waals surface area contributed by atoms with Crippen LogP contribution in [0.25, 0.3) is 0 Å². The third kappa shape index (κ3) is 4.34. The predicted octanol–water partition coefficient (Wildman–Crippen LogP) is 1.81. The van der Waals surface area contributed by atoms with Crippen LogP contribution in [0.2, 0.25) is 0 Å². The van der Waals surface area contributed by atoms with Crippen molar-refractivity contribution < 1.29 is 4.79 Å². The zero-order chi connectivity index (χ0) is 15.2. The Kier molecular flexibility index (Phi) is 4.98. The lowest BCUT2D eigenvalue weighted by atomic mass is 10.1. The summed E-state index contributed by atoms with van der Waals surface area (Å²) in [5, 5.41) is 7.31. The van der Waals surface area contributed by atoms with Crippen LogP contribution in [0.3, 0.4) is 0 Å². The molecule has 0 atom stereocenters. The van der Waals surface area contributed by atoms with Crippen LogP contribution in [0.4, 0.5) is 5.69 Å². The van der Waals surface area contributed by atoms with Crippen molar-refractivity contribution in [3.63, 3.8) is 0 Å². The van der Waals surface area contributed by atoms with Crippen LogP contribution in [0.1, 0.15) is 30.2 Å². The molecule has 0 aliphatic heterocycles. The van der Waals surface area contributed by atoms with Crippen molar-refractivity contribution in [1.29, 1.82) is 0 Å². The van der Waals surface area contributed by atoms with Gasteiger partial charge in [-0.2, -0.15) is 5.10 Å². The van der Waals surface area contributed by atoms with Crippen molar-refractivity contribution >= 4 is 11.6 Å². The van der Waals surface area contributed by atoms with Gasteiger partial charge in [0.15, 0.2) is 0 Å². The number of nitrogens with two attached hydrogens (primary N) is 1. The number of nitrogens with one attached hydrogen (secondary N) is 1.